The molecule has 0 bridgehead atoms. The van der Waals surface area contributed by atoms with Gasteiger partial charge in [-0.1, -0.05) is 95.2 Å². The third-order valence-corrected chi connectivity index (χ3v) is 16.6. The summed E-state index contributed by atoms with van der Waals surface area (Å²) in [4.78, 5) is 29.2. The molecule has 0 aromatic heterocycles. The Morgan fingerprint density at radius 3 is 1.04 bits per heavy atom. The van der Waals surface area contributed by atoms with Gasteiger partial charge >= 0.3 is 11.9 Å². The molecule has 4 nitrogen and oxygen atoms in total. The zero-order valence-corrected chi connectivity index (χ0v) is 37.1. The van der Waals surface area contributed by atoms with Gasteiger partial charge in [0.15, 0.2) is 0 Å². The molecule has 0 saturated heterocycles. The highest BCUT2D eigenvalue weighted by atomic mass is 32.1. The SMILES string of the molecule is CC(C)C(S)CC1(CC(S)C(C)C)C=CC(CC(S)C(C)C)(C(=O)O)C(CC(S)C(C)C)(C(=O)O)C1(CC(S)C(C)C)CC(S)C(C)C. The largest absolute Gasteiger partial charge is 0.481 e. The Morgan fingerprint density at radius 2 is 0.750 bits per heavy atom. The summed E-state index contributed by atoms with van der Waals surface area (Å²) >= 11 is 30.9. The fourth-order valence-corrected chi connectivity index (χ4v) is 9.70. The van der Waals surface area contributed by atoms with Gasteiger partial charge in [0, 0.05) is 31.5 Å². The van der Waals surface area contributed by atoms with E-state index in [0.717, 1.165) is 0 Å². The highest BCUT2D eigenvalue weighted by Crippen LogP contribution is 2.74. The summed E-state index contributed by atoms with van der Waals surface area (Å²) < 4.78 is 0. The lowest BCUT2D eigenvalue weighted by Crippen LogP contribution is -2.71. The van der Waals surface area contributed by atoms with Crippen LogP contribution in [0.3, 0.4) is 0 Å². The van der Waals surface area contributed by atoms with Crippen molar-refractivity contribution in [3.05, 3.63) is 12.2 Å². The zero-order chi connectivity index (χ0) is 37.7. The van der Waals surface area contributed by atoms with Crippen molar-refractivity contribution in [3.8, 4) is 0 Å². The monoisotopic (exact) mass is 782 g/mol. The summed E-state index contributed by atoms with van der Waals surface area (Å²) in [5.41, 5.74) is -5.50. The fourth-order valence-electron chi connectivity index (χ4n) is 7.87. The summed E-state index contributed by atoms with van der Waals surface area (Å²) in [5, 5.41) is 22.5. The van der Waals surface area contributed by atoms with E-state index in [9.17, 15) is 19.8 Å². The molecule has 1 rings (SSSR count). The summed E-state index contributed by atoms with van der Waals surface area (Å²) in [5.74, 6) is -1.58. The molecule has 0 aromatic rings. The van der Waals surface area contributed by atoms with Crippen LogP contribution in [0.15, 0.2) is 12.2 Å². The van der Waals surface area contributed by atoms with E-state index < -0.39 is 33.6 Å². The van der Waals surface area contributed by atoms with Gasteiger partial charge in [-0.15, -0.1) is 0 Å². The minimum absolute atomic E-state index is 0.00123. The van der Waals surface area contributed by atoms with Crippen LogP contribution in [0.2, 0.25) is 0 Å². The molecule has 0 fully saturated rings. The van der Waals surface area contributed by atoms with Gasteiger partial charge in [-0.05, 0) is 84.9 Å². The van der Waals surface area contributed by atoms with Crippen molar-refractivity contribution in [2.45, 2.75) is 153 Å². The average Bonchev–Trinajstić information content (AvgIpc) is 2.95. The van der Waals surface area contributed by atoms with Crippen LogP contribution in [0.4, 0.5) is 0 Å². The zero-order valence-electron chi connectivity index (χ0n) is 31.7. The van der Waals surface area contributed by atoms with Crippen LogP contribution >= 0.6 is 75.8 Å². The maximum Gasteiger partial charge on any atom is 0.314 e. The van der Waals surface area contributed by atoms with E-state index in [1.165, 1.54) is 0 Å². The van der Waals surface area contributed by atoms with Gasteiger partial charge in [-0.2, -0.15) is 75.8 Å². The highest BCUT2D eigenvalue weighted by Gasteiger charge is 2.77. The van der Waals surface area contributed by atoms with Gasteiger partial charge in [0.1, 0.15) is 5.41 Å². The molecule has 1 aliphatic carbocycles. The molecule has 0 spiro atoms. The van der Waals surface area contributed by atoms with Gasteiger partial charge in [0.25, 0.3) is 0 Å². The van der Waals surface area contributed by atoms with E-state index in [-0.39, 0.29) is 79.8 Å². The van der Waals surface area contributed by atoms with E-state index in [1.807, 2.05) is 27.7 Å². The van der Waals surface area contributed by atoms with Crippen molar-refractivity contribution in [1.29, 1.82) is 0 Å². The van der Waals surface area contributed by atoms with Crippen molar-refractivity contribution in [2.75, 3.05) is 0 Å². The van der Waals surface area contributed by atoms with Gasteiger partial charge in [0.05, 0.1) is 5.41 Å². The molecule has 1 aliphatic rings. The van der Waals surface area contributed by atoms with E-state index in [4.69, 9.17) is 75.8 Å². The number of rotatable bonds is 20. The van der Waals surface area contributed by atoms with E-state index in [2.05, 4.69) is 61.5 Å². The molecule has 48 heavy (non-hydrogen) atoms. The van der Waals surface area contributed by atoms with Gasteiger partial charge in [-0.25, -0.2) is 0 Å². The maximum absolute atomic E-state index is 14.9. The predicted molar refractivity (Wildman–Crippen MR) is 228 cm³/mol. The first kappa shape index (κ1) is 46.8. The quantitative estimate of drug-likeness (QED) is 0.0468. The Morgan fingerprint density at radius 1 is 0.458 bits per heavy atom. The topological polar surface area (TPSA) is 74.6 Å². The van der Waals surface area contributed by atoms with Gasteiger partial charge in [0.2, 0.25) is 0 Å². The van der Waals surface area contributed by atoms with Crippen LogP contribution in [-0.4, -0.2) is 53.7 Å². The van der Waals surface area contributed by atoms with Crippen LogP contribution < -0.4 is 0 Å². The lowest BCUT2D eigenvalue weighted by molar-refractivity contribution is -0.211. The number of carboxylic acid groups (broad SMARTS) is 2. The molecule has 0 amide bonds. The lowest BCUT2D eigenvalue weighted by Gasteiger charge is -2.68. The standard InChI is InChI=1S/C38H70O4S6/c1-21(2)27(43)15-35(16-28(44)22(3)4)13-14-36(33(39)40,17-29(45)23(5)6)38(34(41)42,20-32(48)26(11)12)37(35,18-30(46)24(7)8)19-31(47)25(9)10/h13-14,21-32,43-48H,15-20H2,1-12H3,(H,39,40)(H,41,42). The molecule has 0 aliphatic heterocycles. The first-order valence-corrected chi connectivity index (χ1v) is 21.2. The Balaban J connectivity index is 4.95. The highest BCUT2D eigenvalue weighted by molar-refractivity contribution is 7.81. The number of allylic oxidation sites excluding steroid dienone is 1. The third-order valence-electron chi connectivity index (χ3n) is 11.9. The normalized spacial score (nSPS) is 30.3. The van der Waals surface area contributed by atoms with Crippen LogP contribution in [0.25, 0.3) is 0 Å². The molecule has 0 heterocycles. The Hall–Kier alpha value is 0.780. The predicted octanol–water partition coefficient (Wildman–Crippen LogP) is 10.7. The molecule has 0 saturated carbocycles. The molecule has 282 valence electrons. The molecule has 0 aromatic carbocycles. The average molecular weight is 783 g/mol. The van der Waals surface area contributed by atoms with Crippen LogP contribution in [0, 0.1) is 57.2 Å². The summed E-state index contributed by atoms with van der Waals surface area (Å²) in [7, 11) is 0. The first-order chi connectivity index (χ1) is 21.8. The maximum atomic E-state index is 14.9. The van der Waals surface area contributed by atoms with Crippen LogP contribution in [-0.2, 0) is 9.59 Å². The van der Waals surface area contributed by atoms with Crippen molar-refractivity contribution in [3.63, 3.8) is 0 Å². The third kappa shape index (κ3) is 9.65. The Kier molecular flexibility index (Phi) is 18.2. The van der Waals surface area contributed by atoms with Crippen molar-refractivity contribution in [1.82, 2.24) is 0 Å². The molecular weight excluding hydrogens is 713 g/mol. The second-order valence-electron chi connectivity index (χ2n) is 17.2. The fraction of sp³-hybridized carbons (Fsp3) is 0.895. The van der Waals surface area contributed by atoms with Crippen molar-refractivity contribution in [2.24, 2.45) is 57.2 Å². The van der Waals surface area contributed by atoms with Gasteiger partial charge < -0.3 is 10.2 Å². The molecule has 8 atom stereocenters. The van der Waals surface area contributed by atoms with E-state index in [1.54, 1.807) is 6.08 Å². The Labute approximate surface area is 327 Å². The summed E-state index contributed by atoms with van der Waals surface area (Å²) in [6, 6.07) is 0. The molecule has 10 heteroatoms. The Bertz CT molecular complexity index is 1040. The van der Waals surface area contributed by atoms with Crippen molar-refractivity contribution >= 4 is 87.7 Å². The number of carbonyl (C=O) groups is 2. The van der Waals surface area contributed by atoms with Crippen LogP contribution in [0.5, 0.6) is 0 Å². The minimum Gasteiger partial charge on any atom is -0.481 e. The smallest absolute Gasteiger partial charge is 0.314 e. The first-order valence-electron chi connectivity index (χ1n) is 18.1. The number of thiol groups is 6. The lowest BCUT2D eigenvalue weighted by atomic mass is 9.34. The molecule has 8 unspecified atom stereocenters. The number of aliphatic carboxylic acids is 2. The van der Waals surface area contributed by atoms with E-state index in [0.29, 0.717) is 25.7 Å². The second kappa shape index (κ2) is 18.7. The molecular formula is C38H70O4S6. The molecule has 2 N–H and O–H groups in total. The number of hydrogen-bond acceptors (Lipinski definition) is 8. The van der Waals surface area contributed by atoms with Crippen molar-refractivity contribution < 1.29 is 19.8 Å². The van der Waals surface area contributed by atoms with Crippen LogP contribution in [0.1, 0.15) is 122 Å². The number of carboxylic acids is 2. The number of hydrogen-bond donors (Lipinski definition) is 8. The summed E-state index contributed by atoms with van der Waals surface area (Å²) in [6.45, 7) is 25.1. The molecule has 0 radical (unpaired) electrons. The van der Waals surface area contributed by atoms with Gasteiger partial charge in [-0.3, -0.25) is 9.59 Å². The minimum atomic E-state index is -1.80. The summed E-state index contributed by atoms with van der Waals surface area (Å²) in [6.07, 6.45) is 6.02. The van der Waals surface area contributed by atoms with E-state index >= 15 is 0 Å². The second-order valence-corrected chi connectivity index (χ2v) is 21.1.